The molecule has 0 saturated carbocycles. The number of piperazine rings is 1. The maximum Gasteiger partial charge on any atom is 0.277 e. The highest BCUT2D eigenvalue weighted by Gasteiger charge is 2.31. The van der Waals surface area contributed by atoms with Gasteiger partial charge in [0, 0.05) is 37.8 Å². The number of rotatable bonds is 4. The number of sulfonamides is 1. The molecular weight excluding hydrogens is 472 g/mol. The highest BCUT2D eigenvalue weighted by atomic mass is 32.2. The monoisotopic (exact) mass is 489 g/mol. The van der Waals surface area contributed by atoms with E-state index in [4.69, 9.17) is 0 Å². The lowest BCUT2D eigenvalue weighted by atomic mass is 10.2. The van der Waals surface area contributed by atoms with E-state index in [0.717, 1.165) is 22.0 Å². The first kappa shape index (κ1) is 21.6. The van der Waals surface area contributed by atoms with Crippen LogP contribution in [0, 0.1) is 11.6 Å². The molecule has 4 aromatic rings. The molecule has 2 aromatic carbocycles. The van der Waals surface area contributed by atoms with Crippen LogP contribution in [0.25, 0.3) is 15.5 Å². The molecule has 0 aliphatic carbocycles. The molecule has 2 aromatic heterocycles. The van der Waals surface area contributed by atoms with Crippen LogP contribution >= 0.6 is 11.3 Å². The number of aromatic nitrogens is 3. The van der Waals surface area contributed by atoms with Crippen molar-refractivity contribution in [2.45, 2.75) is 4.90 Å². The molecule has 33 heavy (non-hydrogen) atoms. The van der Waals surface area contributed by atoms with E-state index in [2.05, 4.69) is 10.1 Å². The average molecular weight is 490 g/mol. The normalized spacial score (nSPS) is 15.3. The van der Waals surface area contributed by atoms with Crippen molar-refractivity contribution in [3.05, 3.63) is 76.6 Å². The second kappa shape index (κ2) is 8.28. The molecule has 0 spiro atoms. The molecule has 0 N–H and O–H groups in total. The molecule has 1 fully saturated rings. The van der Waals surface area contributed by atoms with Crippen LogP contribution < -0.4 is 10.5 Å². The van der Waals surface area contributed by atoms with Crippen molar-refractivity contribution in [2.75, 3.05) is 31.1 Å². The molecule has 8 nitrogen and oxygen atoms in total. The molecule has 5 rings (SSSR count). The number of hydrogen-bond donors (Lipinski definition) is 0. The van der Waals surface area contributed by atoms with Gasteiger partial charge in [-0.1, -0.05) is 41.7 Å². The zero-order chi connectivity index (χ0) is 23.2. The molecule has 3 heterocycles. The Balaban J connectivity index is 1.38. The Morgan fingerprint density at radius 1 is 0.939 bits per heavy atom. The molecule has 0 unspecified atom stereocenters. The zero-order valence-electron chi connectivity index (χ0n) is 17.1. The fourth-order valence-corrected chi connectivity index (χ4v) is 6.03. The van der Waals surface area contributed by atoms with Crippen LogP contribution in [0.4, 0.5) is 14.6 Å². The summed E-state index contributed by atoms with van der Waals surface area (Å²) >= 11 is 1.28. The van der Waals surface area contributed by atoms with Crippen LogP contribution in [0.5, 0.6) is 0 Å². The van der Waals surface area contributed by atoms with Gasteiger partial charge in [-0.2, -0.15) is 13.9 Å². The molecule has 170 valence electrons. The molecule has 1 aliphatic rings. The van der Waals surface area contributed by atoms with Gasteiger partial charge in [0.1, 0.15) is 27.4 Å². The summed E-state index contributed by atoms with van der Waals surface area (Å²) in [6, 6.07) is 13.1. The van der Waals surface area contributed by atoms with Gasteiger partial charge in [0.05, 0.1) is 0 Å². The number of fused-ring (bicyclic) bond motifs is 1. The van der Waals surface area contributed by atoms with E-state index in [9.17, 15) is 22.0 Å². The van der Waals surface area contributed by atoms with E-state index < -0.39 is 26.6 Å². The lowest BCUT2D eigenvalue weighted by Crippen LogP contribution is -2.49. The summed E-state index contributed by atoms with van der Waals surface area (Å²) in [5, 5.41) is 5.01. The minimum atomic E-state index is -4.19. The number of halogens is 2. The van der Waals surface area contributed by atoms with Crippen LogP contribution in [-0.2, 0) is 10.0 Å². The first-order valence-electron chi connectivity index (χ1n) is 9.99. The van der Waals surface area contributed by atoms with E-state index in [-0.39, 0.29) is 31.7 Å². The highest BCUT2D eigenvalue weighted by molar-refractivity contribution is 7.89. The van der Waals surface area contributed by atoms with Gasteiger partial charge in [-0.25, -0.2) is 22.2 Å². The summed E-state index contributed by atoms with van der Waals surface area (Å²) in [5.74, 6) is -1.42. The second-order valence-corrected chi connectivity index (χ2v) is 10.2. The Bertz CT molecular complexity index is 1500. The van der Waals surface area contributed by atoms with E-state index in [0.29, 0.717) is 21.9 Å². The Kier molecular flexibility index (Phi) is 5.43. The topological polar surface area (TPSA) is 87.9 Å². The van der Waals surface area contributed by atoms with Crippen molar-refractivity contribution >= 4 is 32.1 Å². The third kappa shape index (κ3) is 4.01. The Hall–Kier alpha value is -3.22. The van der Waals surface area contributed by atoms with Crippen molar-refractivity contribution in [1.29, 1.82) is 0 Å². The van der Waals surface area contributed by atoms with Crippen LogP contribution in [0.3, 0.4) is 0 Å². The second-order valence-electron chi connectivity index (χ2n) is 7.39. The van der Waals surface area contributed by atoms with Crippen molar-refractivity contribution in [1.82, 2.24) is 18.9 Å². The Morgan fingerprint density at radius 3 is 2.39 bits per heavy atom. The van der Waals surface area contributed by atoms with Crippen LogP contribution in [-0.4, -0.2) is 53.5 Å². The van der Waals surface area contributed by atoms with E-state index >= 15 is 0 Å². The van der Waals surface area contributed by atoms with Crippen molar-refractivity contribution in [3.8, 4) is 10.6 Å². The third-order valence-electron chi connectivity index (χ3n) is 5.33. The lowest BCUT2D eigenvalue weighted by Gasteiger charge is -2.34. The summed E-state index contributed by atoms with van der Waals surface area (Å²) in [4.78, 5) is 18.7. The minimum absolute atomic E-state index is 0.0390. The molecule has 1 saturated heterocycles. The number of hydrogen-bond acceptors (Lipinski definition) is 7. The van der Waals surface area contributed by atoms with Crippen molar-refractivity contribution in [2.24, 2.45) is 0 Å². The number of benzene rings is 2. The molecule has 0 radical (unpaired) electrons. The Labute approximate surface area is 191 Å². The highest BCUT2D eigenvalue weighted by Crippen LogP contribution is 2.26. The summed E-state index contributed by atoms with van der Waals surface area (Å²) in [6.45, 7) is 0.556. The summed E-state index contributed by atoms with van der Waals surface area (Å²) in [5.41, 5.74) is 0.530. The smallest absolute Gasteiger partial charge is 0.277 e. The number of nitrogens with zero attached hydrogens (tertiary/aromatic N) is 5. The third-order valence-corrected chi connectivity index (χ3v) is 8.20. The maximum atomic E-state index is 14.0. The summed E-state index contributed by atoms with van der Waals surface area (Å²) < 4.78 is 55.5. The van der Waals surface area contributed by atoms with Crippen LogP contribution in [0.15, 0.2) is 64.3 Å². The van der Waals surface area contributed by atoms with Gasteiger partial charge in [-0.3, -0.25) is 4.79 Å². The van der Waals surface area contributed by atoms with Crippen LogP contribution in [0.2, 0.25) is 0 Å². The molecule has 12 heteroatoms. The predicted octanol–water partition coefficient (Wildman–Crippen LogP) is 2.61. The molecule has 0 bridgehead atoms. The van der Waals surface area contributed by atoms with Gasteiger partial charge in [-0.15, -0.1) is 0 Å². The summed E-state index contributed by atoms with van der Waals surface area (Å²) in [7, 11) is -4.19. The van der Waals surface area contributed by atoms with E-state index in [1.54, 1.807) is 4.90 Å². The maximum absolute atomic E-state index is 14.0. The van der Waals surface area contributed by atoms with E-state index in [1.807, 2.05) is 30.3 Å². The van der Waals surface area contributed by atoms with Crippen LogP contribution in [0.1, 0.15) is 0 Å². The largest absolute Gasteiger partial charge is 0.354 e. The Morgan fingerprint density at radius 2 is 1.67 bits per heavy atom. The number of anilines is 1. The minimum Gasteiger partial charge on any atom is -0.354 e. The molecule has 0 amide bonds. The first-order chi connectivity index (χ1) is 15.8. The molecule has 1 aliphatic heterocycles. The summed E-state index contributed by atoms with van der Waals surface area (Å²) in [6.07, 6.45) is 0. The van der Waals surface area contributed by atoms with Crippen molar-refractivity contribution < 1.29 is 17.2 Å². The van der Waals surface area contributed by atoms with Gasteiger partial charge in [0.25, 0.3) is 5.56 Å². The standard InChI is InChI=1S/C21H17F2N5O3S2/c22-15-6-7-16(23)17(12-15)33(30,31)27-10-8-26(9-11-27)18-13-19(29)28-21(24-18)32-20(25-28)14-4-2-1-3-5-14/h1-7,12-13H,8-11H2. The van der Waals surface area contributed by atoms with Gasteiger partial charge >= 0.3 is 0 Å². The quantitative estimate of drug-likeness (QED) is 0.438. The van der Waals surface area contributed by atoms with E-state index in [1.165, 1.54) is 21.9 Å². The zero-order valence-corrected chi connectivity index (χ0v) is 18.7. The average Bonchev–Trinajstić information content (AvgIpc) is 3.26. The van der Waals surface area contributed by atoms with Gasteiger partial charge in [0.2, 0.25) is 15.0 Å². The van der Waals surface area contributed by atoms with Gasteiger partial charge in [0.15, 0.2) is 0 Å². The fourth-order valence-electron chi connectivity index (χ4n) is 3.63. The lowest BCUT2D eigenvalue weighted by molar-refractivity contribution is 0.381. The fraction of sp³-hybridized carbons (Fsp3) is 0.190. The van der Waals surface area contributed by atoms with Gasteiger partial charge < -0.3 is 4.90 Å². The van der Waals surface area contributed by atoms with Gasteiger partial charge in [-0.05, 0) is 18.2 Å². The first-order valence-corrected chi connectivity index (χ1v) is 12.2. The predicted molar refractivity (Wildman–Crippen MR) is 120 cm³/mol. The SMILES string of the molecule is O=c1cc(N2CCN(S(=O)(=O)c3cc(F)ccc3F)CC2)nc2sc(-c3ccccc3)nn12. The van der Waals surface area contributed by atoms with Crippen molar-refractivity contribution in [3.63, 3.8) is 0 Å². The molecule has 0 atom stereocenters. The molecular formula is C21H17F2N5O3S2.